The third kappa shape index (κ3) is 6.18. The number of hydrogen-bond donors (Lipinski definition) is 3. The van der Waals surface area contributed by atoms with Crippen molar-refractivity contribution < 1.29 is 10.2 Å². The van der Waals surface area contributed by atoms with Crippen LogP contribution in [0.2, 0.25) is 0 Å². The fourth-order valence-electron chi connectivity index (χ4n) is 7.19. The second-order valence-electron chi connectivity index (χ2n) is 16.4. The van der Waals surface area contributed by atoms with Gasteiger partial charge in [-0.25, -0.2) is 15.0 Å². The van der Waals surface area contributed by atoms with E-state index in [9.17, 15) is 10.2 Å². The number of pyridine rings is 2. The quantitative estimate of drug-likeness (QED) is 0.159. The topological polar surface area (TPSA) is 94.4 Å². The van der Waals surface area contributed by atoms with E-state index in [-0.39, 0.29) is 22.3 Å². The molecule has 5 heterocycles. The lowest BCUT2D eigenvalue weighted by Crippen LogP contribution is -2.13. The fourth-order valence-corrected chi connectivity index (χ4v) is 7.19. The summed E-state index contributed by atoms with van der Waals surface area (Å²) in [6.07, 6.45) is 3.99. The van der Waals surface area contributed by atoms with E-state index < -0.39 is 0 Å². The van der Waals surface area contributed by atoms with Crippen LogP contribution in [0.5, 0.6) is 11.5 Å². The predicted octanol–water partition coefficient (Wildman–Crippen LogP) is 11.2. The van der Waals surface area contributed by atoms with E-state index in [4.69, 9.17) is 15.0 Å². The first-order chi connectivity index (χ1) is 25.1. The van der Waals surface area contributed by atoms with Gasteiger partial charge < -0.3 is 15.2 Å². The van der Waals surface area contributed by atoms with Crippen molar-refractivity contribution in [3.8, 4) is 56.7 Å². The van der Waals surface area contributed by atoms with Crippen LogP contribution < -0.4 is 0 Å². The van der Waals surface area contributed by atoms with E-state index in [2.05, 4.69) is 76.9 Å². The van der Waals surface area contributed by atoms with Crippen molar-refractivity contribution in [2.24, 2.45) is 4.99 Å². The van der Waals surface area contributed by atoms with Gasteiger partial charge in [-0.2, -0.15) is 0 Å². The molecule has 0 aliphatic carbocycles. The van der Waals surface area contributed by atoms with Gasteiger partial charge in [0.2, 0.25) is 0 Å². The minimum atomic E-state index is -0.217. The highest BCUT2D eigenvalue weighted by Crippen LogP contribution is 2.44. The van der Waals surface area contributed by atoms with Crippen molar-refractivity contribution in [3.63, 3.8) is 0 Å². The third-order valence-electron chi connectivity index (χ3n) is 10.2. The summed E-state index contributed by atoms with van der Waals surface area (Å²) in [7, 11) is 0. The summed E-state index contributed by atoms with van der Waals surface area (Å²) in [5.74, 6) is 0.276. The van der Waals surface area contributed by atoms with E-state index in [0.717, 1.165) is 50.5 Å². The molecular weight excluding hydrogens is 653 g/mol. The molecule has 0 saturated heterocycles. The summed E-state index contributed by atoms with van der Waals surface area (Å²) in [5, 5.41) is 24.3. The molecular formula is C47H44N4O2. The van der Waals surface area contributed by atoms with Crippen LogP contribution in [0.1, 0.15) is 80.6 Å². The lowest BCUT2D eigenvalue weighted by molar-refractivity contribution is 0.474. The molecule has 0 atom stereocenters. The molecule has 3 N–H and O–H groups in total. The number of aromatic amines is 1. The number of H-pyrrole nitrogens is 1. The van der Waals surface area contributed by atoms with Crippen LogP contribution in [0.3, 0.4) is 0 Å². The Hall–Kier alpha value is -6.01. The molecule has 8 rings (SSSR count). The molecule has 0 fully saturated rings. The molecule has 2 aliphatic rings. The van der Waals surface area contributed by atoms with E-state index >= 15 is 0 Å². The summed E-state index contributed by atoms with van der Waals surface area (Å²) in [6, 6.07) is 30.6. The van der Waals surface area contributed by atoms with Crippen molar-refractivity contribution in [3.05, 3.63) is 148 Å². The van der Waals surface area contributed by atoms with Gasteiger partial charge in [0.15, 0.2) is 0 Å². The number of aromatic hydroxyl groups is 2. The Morgan fingerprint density at radius 1 is 0.528 bits per heavy atom. The fraction of sp³-hybridized carbons (Fsp3) is 0.213. The summed E-state index contributed by atoms with van der Waals surface area (Å²) >= 11 is 0. The molecule has 6 heteroatoms. The third-order valence-corrected chi connectivity index (χ3v) is 10.2. The standard InChI is InChI=1S/C47H44N4O2/c1-26-18-39-33-24-29(46(3,4)5)22-31(44(33)52)35-14-16-37(48-35)43(28-12-10-9-11-13-28)38-17-15-36(49-38)32-23-30(47(6,7)8)25-34(45(32)53)40-19-27(2)21-42(51-40)41(20-26)50-39/h9-25,48,52-53H,1-8H3. The van der Waals surface area contributed by atoms with E-state index in [1.807, 2.05) is 86.7 Å². The van der Waals surface area contributed by atoms with Crippen LogP contribution in [0.25, 0.3) is 50.7 Å². The zero-order valence-electron chi connectivity index (χ0n) is 31.6. The number of aryl methyl sites for hydroxylation is 2. The maximum atomic E-state index is 12.1. The molecule has 3 aromatic carbocycles. The van der Waals surface area contributed by atoms with Crippen LogP contribution in [-0.4, -0.2) is 30.9 Å². The summed E-state index contributed by atoms with van der Waals surface area (Å²) in [5.41, 5.74) is 13.9. The van der Waals surface area contributed by atoms with Gasteiger partial charge in [0.1, 0.15) is 11.5 Å². The number of fused-ring (bicyclic) bond motifs is 16. The molecule has 0 unspecified atom stereocenters. The van der Waals surface area contributed by atoms with Gasteiger partial charge in [-0.05, 0) is 125 Å². The summed E-state index contributed by atoms with van der Waals surface area (Å²) < 4.78 is 0. The molecule has 0 amide bonds. The average Bonchev–Trinajstić information content (AvgIpc) is 3.78. The first-order valence-corrected chi connectivity index (χ1v) is 18.1. The first kappa shape index (κ1) is 34.1. The summed E-state index contributed by atoms with van der Waals surface area (Å²) in [6.45, 7) is 17.1. The number of phenolic OH excluding ortho intramolecular Hbond substituents is 2. The Morgan fingerprint density at radius 2 is 1.02 bits per heavy atom. The van der Waals surface area contributed by atoms with Crippen LogP contribution in [0.15, 0.2) is 114 Å². The second-order valence-corrected chi connectivity index (χ2v) is 16.4. The van der Waals surface area contributed by atoms with E-state index in [1.165, 1.54) is 0 Å². The van der Waals surface area contributed by atoms with Crippen LogP contribution in [0.4, 0.5) is 0 Å². The molecule has 0 saturated carbocycles. The van der Waals surface area contributed by atoms with Gasteiger partial charge in [-0.15, -0.1) is 0 Å². The number of allylic oxidation sites excluding steroid dienone is 2. The Labute approximate surface area is 311 Å². The number of aliphatic imine (C=N–C) groups is 1. The maximum absolute atomic E-state index is 12.1. The number of nitrogens with one attached hydrogen (secondary N) is 1. The number of aromatic nitrogens is 3. The Bertz CT molecular complexity index is 2550. The highest BCUT2D eigenvalue weighted by molar-refractivity contribution is 6.15. The number of rotatable bonds is 1. The zero-order chi connectivity index (χ0) is 37.4. The molecule has 12 bridgehead atoms. The van der Waals surface area contributed by atoms with Crippen molar-refractivity contribution in [1.82, 2.24) is 15.0 Å². The van der Waals surface area contributed by atoms with E-state index in [0.29, 0.717) is 50.7 Å². The van der Waals surface area contributed by atoms with Gasteiger partial charge in [0, 0.05) is 39.2 Å². The lowest BCUT2D eigenvalue weighted by Gasteiger charge is -2.23. The molecule has 0 radical (unpaired) electrons. The first-order valence-electron chi connectivity index (χ1n) is 18.1. The minimum Gasteiger partial charge on any atom is -0.507 e. The molecule has 0 spiro atoms. The predicted molar refractivity (Wildman–Crippen MR) is 216 cm³/mol. The molecule has 53 heavy (non-hydrogen) atoms. The summed E-state index contributed by atoms with van der Waals surface area (Å²) in [4.78, 5) is 19.2. The Morgan fingerprint density at radius 3 is 1.58 bits per heavy atom. The Kier molecular flexibility index (Phi) is 7.91. The lowest BCUT2D eigenvalue weighted by atomic mass is 9.83. The minimum absolute atomic E-state index is 0.126. The van der Waals surface area contributed by atoms with Crippen molar-refractivity contribution in [1.29, 1.82) is 0 Å². The van der Waals surface area contributed by atoms with Crippen molar-refractivity contribution in [2.75, 3.05) is 0 Å². The number of benzene rings is 3. The zero-order valence-corrected chi connectivity index (χ0v) is 31.6. The number of phenols is 2. The second kappa shape index (κ2) is 12.3. The van der Waals surface area contributed by atoms with Crippen LogP contribution in [-0.2, 0) is 10.8 Å². The molecule has 3 aromatic heterocycles. The van der Waals surface area contributed by atoms with Crippen LogP contribution >= 0.6 is 0 Å². The monoisotopic (exact) mass is 696 g/mol. The van der Waals surface area contributed by atoms with Gasteiger partial charge in [0.25, 0.3) is 0 Å². The maximum Gasteiger partial charge on any atom is 0.134 e. The number of hydrogen-bond acceptors (Lipinski definition) is 5. The average molecular weight is 697 g/mol. The van der Waals surface area contributed by atoms with Gasteiger partial charge in [0.05, 0.1) is 34.2 Å². The van der Waals surface area contributed by atoms with Crippen molar-refractivity contribution >= 4 is 11.3 Å². The Balaban J connectivity index is 1.50. The smallest absolute Gasteiger partial charge is 0.134 e. The highest BCUT2D eigenvalue weighted by Gasteiger charge is 2.27. The van der Waals surface area contributed by atoms with Gasteiger partial charge >= 0.3 is 0 Å². The normalized spacial score (nSPS) is 13.8. The largest absolute Gasteiger partial charge is 0.507 e. The van der Waals surface area contributed by atoms with Crippen LogP contribution in [0, 0.1) is 13.8 Å². The molecule has 264 valence electrons. The number of nitrogens with zero attached hydrogens (tertiary/aromatic N) is 3. The molecule has 2 aliphatic heterocycles. The van der Waals surface area contributed by atoms with E-state index in [1.54, 1.807) is 0 Å². The molecule has 6 nitrogen and oxygen atoms in total. The SMILES string of the molecule is Cc1cc2nc(c1)-c1cc(C(C)(C)C)cc(c1O)C1=NC(=C(c3ccccc3)c3ccc([nH]3)-c3cc(C(C)(C)C)cc(c3O)-c3cc(C)cc-2n3)C=C1. The highest BCUT2D eigenvalue weighted by atomic mass is 16.3. The van der Waals surface area contributed by atoms with Gasteiger partial charge in [-0.3, -0.25) is 0 Å². The van der Waals surface area contributed by atoms with Crippen molar-refractivity contribution in [2.45, 2.75) is 66.2 Å². The molecule has 6 aromatic rings. The van der Waals surface area contributed by atoms with Gasteiger partial charge in [-0.1, -0.05) is 71.9 Å².